The maximum Gasteiger partial charge on any atom is 0.324 e. The van der Waals surface area contributed by atoms with E-state index in [2.05, 4.69) is 9.71 Å². The molecular formula is C11H10FN3O4S. The molecule has 0 bridgehead atoms. The molecule has 1 aromatic heterocycles. The van der Waals surface area contributed by atoms with Gasteiger partial charge in [0.1, 0.15) is 0 Å². The zero-order valence-corrected chi connectivity index (χ0v) is 10.9. The van der Waals surface area contributed by atoms with Gasteiger partial charge in [0.15, 0.2) is 4.90 Å². The molecule has 1 heterocycles. The lowest BCUT2D eigenvalue weighted by Gasteiger charge is -2.06. The van der Waals surface area contributed by atoms with E-state index in [1.54, 1.807) is 18.5 Å². The molecule has 0 saturated carbocycles. The highest BCUT2D eigenvalue weighted by atomic mass is 32.2. The van der Waals surface area contributed by atoms with Crippen molar-refractivity contribution in [2.75, 3.05) is 0 Å². The predicted octanol–water partition coefficient (Wildman–Crippen LogP) is 1.54. The highest BCUT2D eigenvalue weighted by molar-refractivity contribution is 7.89. The van der Waals surface area contributed by atoms with Crippen LogP contribution in [-0.2, 0) is 16.6 Å². The molecule has 106 valence electrons. The summed E-state index contributed by atoms with van der Waals surface area (Å²) in [6, 6.07) is 4.57. The number of H-pyrrole nitrogens is 1. The Balaban J connectivity index is 2.34. The SMILES string of the molecule is O=[N+]([O-])c1c(F)cccc1S(=O)(=O)NCc1cc[nH]c1. The first-order valence-corrected chi connectivity index (χ1v) is 6.94. The number of hydrogen-bond donors (Lipinski definition) is 2. The molecule has 0 unspecified atom stereocenters. The number of nitro groups is 1. The van der Waals surface area contributed by atoms with Crippen molar-refractivity contribution in [3.63, 3.8) is 0 Å². The average Bonchev–Trinajstić information content (AvgIpc) is 2.89. The number of para-hydroxylation sites is 1. The van der Waals surface area contributed by atoms with Gasteiger partial charge >= 0.3 is 5.69 Å². The van der Waals surface area contributed by atoms with Crippen LogP contribution in [0.25, 0.3) is 0 Å². The van der Waals surface area contributed by atoms with E-state index in [1.807, 2.05) is 0 Å². The first-order chi connectivity index (χ1) is 9.42. The molecule has 9 heteroatoms. The van der Waals surface area contributed by atoms with Crippen molar-refractivity contribution in [1.29, 1.82) is 0 Å². The van der Waals surface area contributed by atoms with Crippen molar-refractivity contribution < 1.29 is 17.7 Å². The van der Waals surface area contributed by atoms with Gasteiger partial charge in [-0.25, -0.2) is 13.1 Å². The number of nitro benzene ring substituents is 1. The molecule has 20 heavy (non-hydrogen) atoms. The van der Waals surface area contributed by atoms with Crippen LogP contribution in [0.4, 0.5) is 10.1 Å². The Morgan fingerprint density at radius 1 is 1.35 bits per heavy atom. The topological polar surface area (TPSA) is 105 Å². The number of hydrogen-bond acceptors (Lipinski definition) is 4. The quantitative estimate of drug-likeness (QED) is 0.645. The van der Waals surface area contributed by atoms with E-state index >= 15 is 0 Å². The van der Waals surface area contributed by atoms with Gasteiger partial charge in [-0.3, -0.25) is 10.1 Å². The largest absolute Gasteiger partial charge is 0.367 e. The van der Waals surface area contributed by atoms with E-state index in [9.17, 15) is 22.9 Å². The molecule has 0 spiro atoms. The number of nitrogens with one attached hydrogen (secondary N) is 2. The third-order valence-corrected chi connectivity index (χ3v) is 3.98. The third-order valence-electron chi connectivity index (χ3n) is 2.55. The number of benzene rings is 1. The predicted molar refractivity (Wildman–Crippen MR) is 67.9 cm³/mol. The van der Waals surface area contributed by atoms with Gasteiger partial charge < -0.3 is 4.98 Å². The van der Waals surface area contributed by atoms with Crippen LogP contribution in [0.2, 0.25) is 0 Å². The van der Waals surface area contributed by atoms with E-state index in [0.29, 0.717) is 5.56 Å². The highest BCUT2D eigenvalue weighted by Gasteiger charge is 2.29. The molecule has 0 aliphatic carbocycles. The number of sulfonamides is 1. The van der Waals surface area contributed by atoms with Gasteiger partial charge in [0, 0.05) is 18.9 Å². The maximum absolute atomic E-state index is 13.4. The van der Waals surface area contributed by atoms with Crippen molar-refractivity contribution in [3.8, 4) is 0 Å². The molecule has 0 amide bonds. The molecule has 2 N–H and O–H groups in total. The van der Waals surface area contributed by atoms with Gasteiger partial charge in [0.05, 0.1) is 4.92 Å². The zero-order valence-electron chi connectivity index (χ0n) is 10.0. The van der Waals surface area contributed by atoms with Crippen molar-refractivity contribution in [2.24, 2.45) is 0 Å². The van der Waals surface area contributed by atoms with E-state index in [-0.39, 0.29) is 6.54 Å². The Morgan fingerprint density at radius 3 is 2.70 bits per heavy atom. The van der Waals surface area contributed by atoms with Gasteiger partial charge in [-0.05, 0) is 23.8 Å². The van der Waals surface area contributed by atoms with Gasteiger partial charge in [-0.15, -0.1) is 0 Å². The fourth-order valence-corrected chi connectivity index (χ4v) is 2.81. The number of aromatic nitrogens is 1. The van der Waals surface area contributed by atoms with Crippen LogP contribution < -0.4 is 4.72 Å². The minimum Gasteiger partial charge on any atom is -0.367 e. The van der Waals surface area contributed by atoms with Crippen LogP contribution in [0.1, 0.15) is 5.56 Å². The van der Waals surface area contributed by atoms with Gasteiger partial charge in [-0.2, -0.15) is 4.39 Å². The minimum atomic E-state index is -4.18. The van der Waals surface area contributed by atoms with Crippen LogP contribution in [0.5, 0.6) is 0 Å². The monoisotopic (exact) mass is 299 g/mol. The Bertz CT molecular complexity index is 728. The molecular weight excluding hydrogens is 289 g/mol. The van der Waals surface area contributed by atoms with E-state index in [4.69, 9.17) is 0 Å². The number of nitrogens with zero attached hydrogens (tertiary/aromatic N) is 1. The molecule has 0 radical (unpaired) electrons. The summed E-state index contributed by atoms with van der Waals surface area (Å²) in [5.74, 6) is -1.19. The summed E-state index contributed by atoms with van der Waals surface area (Å²) in [7, 11) is -4.18. The van der Waals surface area contributed by atoms with E-state index in [1.165, 1.54) is 0 Å². The summed E-state index contributed by atoms with van der Waals surface area (Å²) in [5.41, 5.74) is -0.415. The summed E-state index contributed by atoms with van der Waals surface area (Å²) < 4.78 is 39.6. The molecule has 7 nitrogen and oxygen atoms in total. The lowest BCUT2D eigenvalue weighted by Crippen LogP contribution is -2.24. The van der Waals surface area contributed by atoms with Crippen molar-refractivity contribution in [1.82, 2.24) is 9.71 Å². The molecule has 0 aliphatic heterocycles. The number of rotatable bonds is 5. The van der Waals surface area contributed by atoms with Crippen LogP contribution in [0.15, 0.2) is 41.6 Å². The molecule has 0 atom stereocenters. The van der Waals surface area contributed by atoms with Crippen molar-refractivity contribution in [2.45, 2.75) is 11.4 Å². The number of aromatic amines is 1. The summed E-state index contributed by atoms with van der Waals surface area (Å²) >= 11 is 0. The van der Waals surface area contributed by atoms with Crippen LogP contribution in [0, 0.1) is 15.9 Å². The normalized spacial score (nSPS) is 11.4. The average molecular weight is 299 g/mol. The van der Waals surface area contributed by atoms with Gasteiger partial charge in [0.25, 0.3) is 0 Å². The maximum atomic E-state index is 13.4. The Hall–Kier alpha value is -2.26. The molecule has 0 fully saturated rings. The first-order valence-electron chi connectivity index (χ1n) is 5.46. The lowest BCUT2D eigenvalue weighted by molar-refractivity contribution is -0.390. The zero-order chi connectivity index (χ0) is 14.8. The third kappa shape index (κ3) is 2.83. The second-order valence-electron chi connectivity index (χ2n) is 3.89. The summed E-state index contributed by atoms with van der Waals surface area (Å²) in [6.07, 6.45) is 3.18. The highest BCUT2D eigenvalue weighted by Crippen LogP contribution is 2.26. The molecule has 0 saturated heterocycles. The Morgan fingerprint density at radius 2 is 2.10 bits per heavy atom. The summed E-state index contributed by atoms with van der Waals surface area (Å²) in [4.78, 5) is 11.8. The first kappa shape index (κ1) is 14.2. The Kier molecular flexibility index (Phi) is 3.81. The standard InChI is InChI=1S/C11H10FN3O4S/c12-9-2-1-3-10(11(9)15(16)17)20(18,19)14-7-8-4-5-13-6-8/h1-6,13-14H,7H2. The second-order valence-corrected chi connectivity index (χ2v) is 5.62. The molecule has 1 aromatic carbocycles. The lowest BCUT2D eigenvalue weighted by atomic mass is 10.3. The van der Waals surface area contributed by atoms with E-state index < -0.39 is 31.3 Å². The van der Waals surface area contributed by atoms with E-state index in [0.717, 1.165) is 18.2 Å². The van der Waals surface area contributed by atoms with Crippen molar-refractivity contribution in [3.05, 3.63) is 58.2 Å². The van der Waals surface area contributed by atoms with Crippen LogP contribution in [0.3, 0.4) is 0 Å². The Labute approximate surface area is 113 Å². The second kappa shape index (κ2) is 5.39. The molecule has 2 rings (SSSR count). The van der Waals surface area contributed by atoms with Crippen molar-refractivity contribution >= 4 is 15.7 Å². The van der Waals surface area contributed by atoms with Crippen LogP contribution >= 0.6 is 0 Å². The summed E-state index contributed by atoms with van der Waals surface area (Å²) in [5, 5.41) is 10.8. The minimum absolute atomic E-state index is 0.0561. The molecule has 0 aliphatic rings. The number of halogens is 1. The fraction of sp³-hybridized carbons (Fsp3) is 0.0909. The van der Waals surface area contributed by atoms with Gasteiger partial charge in [0.2, 0.25) is 15.8 Å². The summed E-state index contributed by atoms with van der Waals surface area (Å²) in [6.45, 7) is -0.0561. The fourth-order valence-electron chi connectivity index (χ4n) is 1.61. The smallest absolute Gasteiger partial charge is 0.324 e. The van der Waals surface area contributed by atoms with Gasteiger partial charge in [-0.1, -0.05) is 6.07 Å². The van der Waals surface area contributed by atoms with Crippen LogP contribution in [-0.4, -0.2) is 18.3 Å². The molecule has 2 aromatic rings.